The van der Waals surface area contributed by atoms with E-state index in [0.717, 1.165) is 17.0 Å². The first-order chi connectivity index (χ1) is 18.5. The number of sulfone groups is 1. The highest BCUT2D eigenvalue weighted by atomic mass is 32.2. The number of imidazole rings is 1. The number of fused-ring (bicyclic) bond motifs is 2. The van der Waals surface area contributed by atoms with Gasteiger partial charge in [0.1, 0.15) is 5.82 Å². The summed E-state index contributed by atoms with van der Waals surface area (Å²) in [6.45, 7) is 2.02. The lowest BCUT2D eigenvalue weighted by molar-refractivity contribution is 0.594. The predicted molar refractivity (Wildman–Crippen MR) is 146 cm³/mol. The average Bonchev–Trinajstić information content (AvgIpc) is 3.36. The van der Waals surface area contributed by atoms with Crippen LogP contribution in [0.5, 0.6) is 0 Å². The number of nitrogens with zero attached hydrogens (tertiary/aromatic N) is 5. The van der Waals surface area contributed by atoms with E-state index in [0.29, 0.717) is 46.2 Å². The molecule has 184 valence electrons. The van der Waals surface area contributed by atoms with Crippen LogP contribution in [0.15, 0.2) is 107 Å². The van der Waals surface area contributed by atoms with E-state index in [9.17, 15) is 8.42 Å². The molecular weight excluding hydrogens is 494 g/mol. The number of hydrogen-bond donors (Lipinski definition) is 0. The molecule has 0 amide bonds. The highest BCUT2D eigenvalue weighted by Crippen LogP contribution is 2.40. The van der Waals surface area contributed by atoms with Gasteiger partial charge in [0, 0.05) is 23.1 Å². The molecule has 0 unspecified atom stereocenters. The van der Waals surface area contributed by atoms with E-state index >= 15 is 0 Å². The second-order valence-electron chi connectivity index (χ2n) is 9.07. The fourth-order valence-electron chi connectivity index (χ4n) is 4.97. The van der Waals surface area contributed by atoms with Crippen molar-refractivity contribution in [1.29, 1.82) is 0 Å². The molecule has 1 aliphatic rings. The van der Waals surface area contributed by atoms with Gasteiger partial charge in [-0.3, -0.25) is 4.57 Å². The van der Waals surface area contributed by atoms with Gasteiger partial charge in [0.25, 0.3) is 0 Å². The fraction of sp³-hybridized carbons (Fsp3) is 0.0667. The standard InChI is InChI=1S/C30H21N5O2S/c1-2-26-31-22-14-9-15-24-27(22)35(26)23-17-16-21(18-25(23)38(24,36)37)30-33-28(19-10-5-3-6-11-19)32-29(34-30)20-12-7-4-8-13-20/h3-18H,2H2,1H3. The monoisotopic (exact) mass is 515 g/mol. The lowest BCUT2D eigenvalue weighted by atomic mass is 10.1. The van der Waals surface area contributed by atoms with Crippen molar-refractivity contribution in [3.63, 3.8) is 0 Å². The molecule has 0 aliphatic carbocycles. The number of benzene rings is 4. The number of para-hydroxylation sites is 1. The van der Waals surface area contributed by atoms with Crippen molar-refractivity contribution in [2.45, 2.75) is 23.1 Å². The molecule has 0 fully saturated rings. The van der Waals surface area contributed by atoms with Gasteiger partial charge in [0.05, 0.1) is 26.5 Å². The minimum atomic E-state index is -3.79. The van der Waals surface area contributed by atoms with Gasteiger partial charge < -0.3 is 0 Å². The molecule has 0 radical (unpaired) electrons. The highest BCUT2D eigenvalue weighted by Gasteiger charge is 2.33. The summed E-state index contributed by atoms with van der Waals surface area (Å²) < 4.78 is 29.7. The average molecular weight is 516 g/mol. The Hall–Kier alpha value is -4.69. The second kappa shape index (κ2) is 8.43. The summed E-state index contributed by atoms with van der Waals surface area (Å²) in [5.74, 6) is 2.25. The quantitative estimate of drug-likeness (QED) is 0.289. The molecule has 0 saturated carbocycles. The van der Waals surface area contributed by atoms with Crippen LogP contribution in [0.3, 0.4) is 0 Å². The van der Waals surface area contributed by atoms with Crippen LogP contribution in [0.1, 0.15) is 12.7 Å². The van der Waals surface area contributed by atoms with Crippen molar-refractivity contribution in [3.05, 3.63) is 103 Å². The molecule has 7 rings (SSSR count). The zero-order valence-corrected chi connectivity index (χ0v) is 21.2. The molecule has 0 atom stereocenters. The molecule has 0 bridgehead atoms. The van der Waals surface area contributed by atoms with Crippen molar-refractivity contribution in [3.8, 4) is 39.9 Å². The third-order valence-corrected chi connectivity index (χ3v) is 8.58. The Morgan fingerprint density at radius 2 is 1.24 bits per heavy atom. The Morgan fingerprint density at radius 3 is 1.84 bits per heavy atom. The molecule has 3 heterocycles. The smallest absolute Gasteiger partial charge is 0.210 e. The molecule has 8 heteroatoms. The molecule has 1 aliphatic heterocycles. The third-order valence-electron chi connectivity index (χ3n) is 6.76. The number of aromatic nitrogens is 5. The Bertz CT molecular complexity index is 1910. The van der Waals surface area contributed by atoms with E-state index < -0.39 is 9.84 Å². The van der Waals surface area contributed by atoms with Gasteiger partial charge in [0.2, 0.25) is 9.84 Å². The molecule has 0 spiro atoms. The summed E-state index contributed by atoms with van der Waals surface area (Å²) in [5.41, 5.74) is 4.19. The molecule has 7 nitrogen and oxygen atoms in total. The summed E-state index contributed by atoms with van der Waals surface area (Å²) in [4.78, 5) is 19.4. The fourth-order valence-corrected chi connectivity index (χ4v) is 6.63. The topological polar surface area (TPSA) is 90.6 Å². The van der Waals surface area contributed by atoms with Crippen LogP contribution in [-0.4, -0.2) is 32.9 Å². The molecule has 4 aromatic carbocycles. The molecular formula is C30H21N5O2S. The van der Waals surface area contributed by atoms with Crippen LogP contribution in [0, 0.1) is 0 Å². The summed E-state index contributed by atoms with van der Waals surface area (Å²) in [6.07, 6.45) is 0.670. The Labute approximate surface area is 219 Å². The Balaban J connectivity index is 1.47. The van der Waals surface area contributed by atoms with Crippen molar-refractivity contribution in [2.75, 3.05) is 0 Å². The Kier molecular flexibility index (Phi) is 4.99. The SMILES string of the molecule is CCc1nc2cccc3c2n1-c1ccc(-c2nc(-c4ccccc4)nc(-c4ccccc4)n2)cc1S3(=O)=O. The van der Waals surface area contributed by atoms with E-state index in [1.54, 1.807) is 18.2 Å². The van der Waals surface area contributed by atoms with Crippen LogP contribution in [0.4, 0.5) is 0 Å². The van der Waals surface area contributed by atoms with E-state index in [-0.39, 0.29) is 9.79 Å². The summed E-state index contributed by atoms with van der Waals surface area (Å²) in [6, 6.07) is 30.0. The Morgan fingerprint density at radius 1 is 0.632 bits per heavy atom. The van der Waals surface area contributed by atoms with Crippen LogP contribution in [-0.2, 0) is 16.3 Å². The van der Waals surface area contributed by atoms with E-state index in [1.807, 2.05) is 90.4 Å². The van der Waals surface area contributed by atoms with Crippen LogP contribution < -0.4 is 0 Å². The van der Waals surface area contributed by atoms with Crippen molar-refractivity contribution in [2.24, 2.45) is 0 Å². The number of hydrogen-bond acceptors (Lipinski definition) is 6. The molecule has 38 heavy (non-hydrogen) atoms. The largest absolute Gasteiger partial charge is 0.294 e. The molecule has 2 aromatic heterocycles. The first-order valence-corrected chi connectivity index (χ1v) is 13.8. The first-order valence-electron chi connectivity index (χ1n) is 12.3. The summed E-state index contributed by atoms with van der Waals surface area (Å²) in [5, 5.41) is 0. The summed E-state index contributed by atoms with van der Waals surface area (Å²) >= 11 is 0. The van der Waals surface area contributed by atoms with Gasteiger partial charge in [0.15, 0.2) is 17.5 Å². The lowest BCUT2D eigenvalue weighted by Crippen LogP contribution is -2.16. The lowest BCUT2D eigenvalue weighted by Gasteiger charge is -2.21. The third kappa shape index (κ3) is 3.38. The number of rotatable bonds is 4. The second-order valence-corrected chi connectivity index (χ2v) is 11.0. The van der Waals surface area contributed by atoms with Gasteiger partial charge in [-0.1, -0.05) is 73.7 Å². The number of aryl methyl sites for hydroxylation is 1. The minimum absolute atomic E-state index is 0.214. The van der Waals surface area contributed by atoms with E-state index in [1.165, 1.54) is 0 Å². The van der Waals surface area contributed by atoms with Gasteiger partial charge >= 0.3 is 0 Å². The molecule has 6 aromatic rings. The van der Waals surface area contributed by atoms with Crippen LogP contribution in [0.25, 0.3) is 50.9 Å². The molecule has 0 N–H and O–H groups in total. The zero-order valence-electron chi connectivity index (χ0n) is 20.4. The van der Waals surface area contributed by atoms with E-state index in [2.05, 4.69) is 0 Å². The van der Waals surface area contributed by atoms with Gasteiger partial charge in [-0.05, 0) is 30.3 Å². The van der Waals surface area contributed by atoms with Gasteiger partial charge in [-0.15, -0.1) is 0 Å². The first kappa shape index (κ1) is 22.5. The maximum atomic E-state index is 13.8. The predicted octanol–water partition coefficient (Wildman–Crippen LogP) is 5.92. The maximum absolute atomic E-state index is 13.8. The minimum Gasteiger partial charge on any atom is -0.294 e. The van der Waals surface area contributed by atoms with Crippen molar-refractivity contribution >= 4 is 20.9 Å². The van der Waals surface area contributed by atoms with E-state index in [4.69, 9.17) is 19.9 Å². The van der Waals surface area contributed by atoms with Crippen LogP contribution in [0.2, 0.25) is 0 Å². The van der Waals surface area contributed by atoms with Crippen molar-refractivity contribution in [1.82, 2.24) is 24.5 Å². The zero-order chi connectivity index (χ0) is 25.9. The van der Waals surface area contributed by atoms with Crippen molar-refractivity contribution < 1.29 is 8.42 Å². The molecule has 0 saturated heterocycles. The normalized spacial score (nSPS) is 13.4. The van der Waals surface area contributed by atoms with Crippen LogP contribution >= 0.6 is 0 Å². The van der Waals surface area contributed by atoms with Gasteiger partial charge in [-0.2, -0.15) is 0 Å². The highest BCUT2D eigenvalue weighted by molar-refractivity contribution is 7.92. The summed E-state index contributed by atoms with van der Waals surface area (Å²) in [7, 11) is -3.79. The maximum Gasteiger partial charge on any atom is 0.210 e. The van der Waals surface area contributed by atoms with Gasteiger partial charge in [-0.25, -0.2) is 28.4 Å².